The Bertz CT molecular complexity index is 1630. The van der Waals surface area contributed by atoms with Crippen LogP contribution in [0.3, 0.4) is 0 Å². The Kier molecular flexibility index (Phi) is 10.1. The topological polar surface area (TPSA) is 128 Å². The average molecular weight is 709 g/mol. The van der Waals surface area contributed by atoms with Crippen molar-refractivity contribution in [3.05, 3.63) is 30.0 Å². The predicted octanol–water partition coefficient (Wildman–Crippen LogP) is 6.68. The maximum Gasteiger partial charge on any atom is 0.407 e. The summed E-state index contributed by atoms with van der Waals surface area (Å²) >= 11 is 0. The van der Waals surface area contributed by atoms with Crippen molar-refractivity contribution < 1.29 is 37.8 Å². The number of hydrogen-bond acceptors (Lipinski definition) is 7. The molecule has 4 heterocycles. The molecule has 2 aliphatic carbocycles. The number of halogens is 1. The Hall–Kier alpha value is -3.67. The summed E-state index contributed by atoms with van der Waals surface area (Å²) in [7, 11) is 0. The van der Waals surface area contributed by atoms with Crippen molar-refractivity contribution in [1.29, 1.82) is 0 Å². The number of likely N-dealkylation sites (tertiary alicyclic amines) is 1. The zero-order valence-electron chi connectivity index (χ0n) is 30.2. The van der Waals surface area contributed by atoms with Crippen LogP contribution in [0.4, 0.5) is 14.9 Å². The Labute approximate surface area is 299 Å². The molecule has 3 amide bonds. The highest BCUT2D eigenvalue weighted by molar-refractivity contribution is 6.02. The second-order valence-corrected chi connectivity index (χ2v) is 16.4. The summed E-state index contributed by atoms with van der Waals surface area (Å²) in [4.78, 5) is 55.6. The molecule has 51 heavy (non-hydrogen) atoms. The molecule has 5 aliphatic rings. The summed E-state index contributed by atoms with van der Waals surface area (Å²) in [6, 6.07) is 6.31. The first-order valence-electron chi connectivity index (χ1n) is 19.1. The van der Waals surface area contributed by atoms with E-state index in [1.165, 1.54) is 6.42 Å². The number of esters is 1. The Balaban J connectivity index is 1.06. The van der Waals surface area contributed by atoms with Crippen LogP contribution in [0.15, 0.2) is 24.3 Å². The first-order valence-corrected chi connectivity index (χ1v) is 19.1. The van der Waals surface area contributed by atoms with Gasteiger partial charge in [-0.15, -0.1) is 0 Å². The van der Waals surface area contributed by atoms with Crippen molar-refractivity contribution >= 4 is 40.5 Å². The minimum absolute atomic E-state index is 0.00314. The van der Waals surface area contributed by atoms with E-state index in [1.807, 2.05) is 33.7 Å². The van der Waals surface area contributed by atoms with E-state index in [-0.39, 0.29) is 35.5 Å². The average Bonchev–Trinajstić information content (AvgIpc) is 3.80. The van der Waals surface area contributed by atoms with Crippen molar-refractivity contribution in [3.63, 3.8) is 0 Å². The molecule has 7 rings (SSSR count). The van der Waals surface area contributed by atoms with Gasteiger partial charge >= 0.3 is 12.1 Å². The van der Waals surface area contributed by atoms with E-state index in [4.69, 9.17) is 14.2 Å². The van der Waals surface area contributed by atoms with Crippen LogP contribution in [-0.4, -0.2) is 77.5 Å². The number of ether oxygens (including phenoxy) is 3. The number of anilines is 1. The maximum atomic E-state index is 14.3. The molecule has 1 aromatic carbocycles. The number of aromatic nitrogens is 1. The van der Waals surface area contributed by atoms with Crippen molar-refractivity contribution in [2.75, 3.05) is 31.7 Å². The third-order valence-electron chi connectivity index (χ3n) is 12.1. The van der Waals surface area contributed by atoms with Crippen LogP contribution in [0.25, 0.3) is 10.9 Å². The summed E-state index contributed by atoms with van der Waals surface area (Å²) in [6.07, 6.45) is 9.37. The molecule has 1 spiro atoms. The van der Waals surface area contributed by atoms with Gasteiger partial charge in [-0.25, -0.2) is 14.0 Å². The lowest BCUT2D eigenvalue weighted by atomic mass is 9.76. The van der Waals surface area contributed by atoms with E-state index < -0.39 is 36.2 Å². The van der Waals surface area contributed by atoms with E-state index >= 15 is 0 Å². The number of alkyl carbamates (subject to hydrolysis) is 1. The Morgan fingerprint density at radius 1 is 1.00 bits per heavy atom. The molecule has 1 aromatic heterocycles. The summed E-state index contributed by atoms with van der Waals surface area (Å²) in [5, 5.41) is 6.72. The maximum absolute atomic E-state index is 14.3. The second-order valence-electron chi connectivity index (χ2n) is 16.4. The van der Waals surface area contributed by atoms with E-state index in [2.05, 4.69) is 10.6 Å². The van der Waals surface area contributed by atoms with Crippen LogP contribution in [0.5, 0.6) is 0 Å². The number of rotatable bonds is 7. The fourth-order valence-electron chi connectivity index (χ4n) is 9.58. The lowest BCUT2D eigenvalue weighted by Gasteiger charge is -2.37. The zero-order chi connectivity index (χ0) is 35.9. The number of amides is 3. The molecule has 2 N–H and O–H groups in total. The van der Waals surface area contributed by atoms with Gasteiger partial charge in [0, 0.05) is 36.4 Å². The van der Waals surface area contributed by atoms with Gasteiger partial charge < -0.3 is 29.7 Å². The first kappa shape index (κ1) is 35.7. The zero-order valence-corrected chi connectivity index (χ0v) is 30.2. The molecule has 3 aliphatic heterocycles. The predicted molar refractivity (Wildman–Crippen MR) is 189 cm³/mol. The number of fused-ring (bicyclic) bond motifs is 4. The monoisotopic (exact) mass is 708 g/mol. The standard InChI is InChI=1S/C39H53FN4O7/c1-38(2,3)51-37(48)42-30(23-40)25-9-11-26(12-10-25)35(46)43-18-15-29(24-7-5-4-6-8-24)33(43)34(45)41-28-13-14-31-27(21-28)22-32-36(47)50-39(44(31)32)16-19-49-20-17-39/h13-14,21-22,24-26,29-30,33H,4-12,15-20,23H2,1-3H3,(H,41,45)(H,42,48)/t25-,26-,29-,30+,33-/m0/s1. The number of benzene rings is 1. The molecule has 11 nitrogen and oxygen atoms in total. The van der Waals surface area contributed by atoms with Gasteiger partial charge in [0.15, 0.2) is 5.72 Å². The lowest BCUT2D eigenvalue weighted by Crippen LogP contribution is -2.50. The molecule has 2 saturated carbocycles. The molecular formula is C39H53FN4O7. The van der Waals surface area contributed by atoms with E-state index in [0.29, 0.717) is 75.6 Å². The molecule has 0 bridgehead atoms. The van der Waals surface area contributed by atoms with Crippen LogP contribution in [0.2, 0.25) is 0 Å². The van der Waals surface area contributed by atoms with Crippen molar-refractivity contribution in [2.45, 2.75) is 121 Å². The quantitative estimate of drug-likeness (QED) is 0.307. The Morgan fingerprint density at radius 3 is 2.41 bits per heavy atom. The molecule has 12 heteroatoms. The molecule has 0 radical (unpaired) electrons. The highest BCUT2D eigenvalue weighted by Crippen LogP contribution is 2.44. The van der Waals surface area contributed by atoms with Crippen LogP contribution < -0.4 is 10.6 Å². The largest absolute Gasteiger partial charge is 0.444 e. The lowest BCUT2D eigenvalue weighted by molar-refractivity contribution is -0.142. The Morgan fingerprint density at radius 2 is 1.73 bits per heavy atom. The van der Waals surface area contributed by atoms with E-state index in [1.54, 1.807) is 20.8 Å². The van der Waals surface area contributed by atoms with Gasteiger partial charge in [0.2, 0.25) is 11.8 Å². The third-order valence-corrected chi connectivity index (χ3v) is 12.1. The van der Waals surface area contributed by atoms with Crippen molar-refractivity contribution in [3.8, 4) is 0 Å². The highest BCUT2D eigenvalue weighted by atomic mass is 19.1. The smallest absolute Gasteiger partial charge is 0.407 e. The highest BCUT2D eigenvalue weighted by Gasteiger charge is 2.49. The van der Waals surface area contributed by atoms with Gasteiger partial charge in [-0.1, -0.05) is 32.1 Å². The number of alkyl halides is 1. The summed E-state index contributed by atoms with van der Waals surface area (Å²) in [6.45, 7) is 6.19. The number of carbonyl (C=O) groups is 4. The summed E-state index contributed by atoms with van der Waals surface area (Å²) in [5.74, 6) is -0.369. The van der Waals surface area contributed by atoms with E-state index in [9.17, 15) is 23.6 Å². The molecule has 2 aromatic rings. The van der Waals surface area contributed by atoms with Crippen molar-refractivity contribution in [1.82, 2.24) is 14.8 Å². The van der Waals surface area contributed by atoms with Crippen LogP contribution >= 0.6 is 0 Å². The molecular weight excluding hydrogens is 655 g/mol. The number of hydrogen-bond donors (Lipinski definition) is 2. The van der Waals surface area contributed by atoms with E-state index in [0.717, 1.165) is 43.0 Å². The molecule has 2 saturated heterocycles. The van der Waals surface area contributed by atoms with Crippen LogP contribution in [0, 0.1) is 23.7 Å². The van der Waals surface area contributed by atoms with Gasteiger partial charge in [-0.3, -0.25) is 14.2 Å². The third kappa shape index (κ3) is 7.22. The molecule has 4 fully saturated rings. The van der Waals surface area contributed by atoms with Gasteiger partial charge in [0.25, 0.3) is 0 Å². The summed E-state index contributed by atoms with van der Waals surface area (Å²) in [5.41, 5.74) is 0.592. The van der Waals surface area contributed by atoms with Gasteiger partial charge in [-0.05, 0) is 94.9 Å². The fourth-order valence-corrected chi connectivity index (χ4v) is 9.58. The molecule has 3 atom stereocenters. The normalized spacial score (nSPS) is 27.2. The van der Waals surface area contributed by atoms with Gasteiger partial charge in [0.05, 0.1) is 24.8 Å². The molecule has 0 unspecified atom stereocenters. The van der Waals surface area contributed by atoms with Crippen molar-refractivity contribution in [2.24, 2.45) is 23.7 Å². The molecule has 278 valence electrons. The second kappa shape index (κ2) is 14.4. The van der Waals surface area contributed by atoms with Crippen LogP contribution in [-0.2, 0) is 29.5 Å². The number of carbonyl (C=O) groups excluding carboxylic acids is 4. The minimum Gasteiger partial charge on any atom is -0.444 e. The summed E-state index contributed by atoms with van der Waals surface area (Å²) < 4.78 is 32.9. The van der Waals surface area contributed by atoms with Gasteiger partial charge in [0.1, 0.15) is 24.0 Å². The minimum atomic E-state index is -0.740. The first-order chi connectivity index (χ1) is 24.5. The van der Waals surface area contributed by atoms with Gasteiger partial charge in [-0.2, -0.15) is 0 Å². The number of nitrogens with zero attached hydrogens (tertiary/aromatic N) is 2. The number of nitrogens with one attached hydrogen (secondary N) is 2. The van der Waals surface area contributed by atoms with Crippen LogP contribution in [0.1, 0.15) is 108 Å². The SMILES string of the molecule is CC(C)(C)OC(=O)N[C@H](CF)[C@H]1CC[C@H](C(=O)N2CC[C@@H](C3CCCCC3)[C@H]2C(=O)Nc2ccc3c(c2)cc2n3C3(CCOCC3)OC2=O)CC1. The fraction of sp³-hybridized carbons (Fsp3) is 0.692.